The number of rotatable bonds is 0. The number of methoxy groups -OCH3 is 1. The first-order valence-corrected chi connectivity index (χ1v) is 5.54. The van der Waals surface area contributed by atoms with Crippen LogP contribution in [0.15, 0.2) is 12.1 Å². The molecule has 1 heterocycles. The maximum absolute atomic E-state index is 12.8. The molecule has 0 spiro atoms. The van der Waals surface area contributed by atoms with Gasteiger partial charge in [0.1, 0.15) is 0 Å². The van der Waals surface area contributed by atoms with Crippen LogP contribution < -0.4 is 0 Å². The lowest BCUT2D eigenvalue weighted by molar-refractivity contribution is -0.146. The van der Waals surface area contributed by atoms with E-state index in [9.17, 15) is 18.0 Å². The number of carbonyl (C=O) groups is 1. The molecule has 0 amide bonds. The minimum atomic E-state index is -4.81. The van der Waals surface area contributed by atoms with Crippen molar-refractivity contribution in [3.63, 3.8) is 0 Å². The summed E-state index contributed by atoms with van der Waals surface area (Å²) in [6.45, 7) is 0. The zero-order valence-electron chi connectivity index (χ0n) is 9.26. The Labute approximate surface area is 114 Å². The maximum Gasteiger partial charge on any atom is 0.450 e. The fourth-order valence-electron chi connectivity index (χ4n) is 1.54. The van der Waals surface area contributed by atoms with Crippen molar-refractivity contribution in [1.29, 1.82) is 0 Å². The predicted octanol–water partition coefficient (Wildman–Crippen LogP) is 3.98. The predicted molar refractivity (Wildman–Crippen MR) is 62.6 cm³/mol. The van der Waals surface area contributed by atoms with Crippen LogP contribution in [-0.4, -0.2) is 22.8 Å². The highest BCUT2D eigenvalue weighted by atomic mass is 35.5. The van der Waals surface area contributed by atoms with Crippen molar-refractivity contribution >= 4 is 40.3 Å². The highest BCUT2D eigenvalue weighted by molar-refractivity contribution is 6.42. The Morgan fingerprint density at radius 1 is 1.32 bits per heavy atom. The summed E-state index contributed by atoms with van der Waals surface area (Å²) in [6, 6.07) is 2.27. The molecule has 0 fully saturated rings. The second-order valence-electron chi connectivity index (χ2n) is 3.49. The molecular formula is C10H5Cl2F3N2O2. The van der Waals surface area contributed by atoms with Gasteiger partial charge in [-0.2, -0.15) is 13.2 Å². The SMILES string of the molecule is COC(=O)n1c(C(F)(F)F)nc2cc(Cl)c(Cl)cc21. The van der Waals surface area contributed by atoms with Gasteiger partial charge >= 0.3 is 12.3 Å². The Bertz CT molecular complexity index is 667. The van der Waals surface area contributed by atoms with Crippen molar-refractivity contribution in [3.05, 3.63) is 28.0 Å². The van der Waals surface area contributed by atoms with Crippen LogP contribution >= 0.6 is 23.2 Å². The van der Waals surface area contributed by atoms with Gasteiger partial charge in [-0.05, 0) is 12.1 Å². The Morgan fingerprint density at radius 2 is 1.89 bits per heavy atom. The van der Waals surface area contributed by atoms with Gasteiger partial charge < -0.3 is 4.74 Å². The standard InChI is InChI=1S/C10H5Cl2F3N2O2/c1-19-9(18)17-7-3-5(12)4(11)2-6(7)16-8(17)10(13,14)15/h2-3H,1H3. The number of nitrogens with zero attached hydrogens (tertiary/aromatic N) is 2. The lowest BCUT2D eigenvalue weighted by atomic mass is 10.3. The topological polar surface area (TPSA) is 44.1 Å². The van der Waals surface area contributed by atoms with Gasteiger partial charge in [-0.1, -0.05) is 23.2 Å². The fraction of sp³-hybridized carbons (Fsp3) is 0.200. The summed E-state index contributed by atoms with van der Waals surface area (Å²) >= 11 is 11.4. The molecule has 0 saturated heterocycles. The van der Waals surface area contributed by atoms with Gasteiger partial charge in [0.25, 0.3) is 0 Å². The molecule has 0 aliphatic carbocycles. The number of halogens is 5. The van der Waals surface area contributed by atoms with Crippen molar-refractivity contribution in [1.82, 2.24) is 9.55 Å². The summed E-state index contributed by atoms with van der Waals surface area (Å²) in [5.41, 5.74) is -0.235. The highest BCUT2D eigenvalue weighted by Crippen LogP contribution is 2.34. The summed E-state index contributed by atoms with van der Waals surface area (Å²) in [6.07, 6.45) is -6.03. The molecule has 0 radical (unpaired) electrons. The zero-order chi connectivity index (χ0) is 14.4. The van der Waals surface area contributed by atoms with E-state index in [2.05, 4.69) is 9.72 Å². The van der Waals surface area contributed by atoms with E-state index < -0.39 is 18.1 Å². The second kappa shape index (κ2) is 4.57. The molecular weight excluding hydrogens is 308 g/mol. The third-order valence-corrected chi connectivity index (χ3v) is 3.03. The molecule has 2 aromatic rings. The van der Waals surface area contributed by atoms with E-state index in [0.717, 1.165) is 19.2 Å². The van der Waals surface area contributed by atoms with E-state index in [-0.39, 0.29) is 21.1 Å². The number of carbonyl (C=O) groups excluding carboxylic acids is 1. The smallest absolute Gasteiger partial charge is 0.450 e. The number of hydrogen-bond acceptors (Lipinski definition) is 3. The van der Waals surface area contributed by atoms with Gasteiger partial charge in [0, 0.05) is 0 Å². The summed E-state index contributed by atoms with van der Waals surface area (Å²) < 4.78 is 43.1. The van der Waals surface area contributed by atoms with Gasteiger partial charge in [-0.25, -0.2) is 14.3 Å². The first-order chi connectivity index (χ1) is 8.75. The van der Waals surface area contributed by atoms with E-state index in [0.29, 0.717) is 4.57 Å². The van der Waals surface area contributed by atoms with Crippen LogP contribution in [0, 0.1) is 0 Å². The van der Waals surface area contributed by atoms with Crippen LogP contribution in [0.3, 0.4) is 0 Å². The van der Waals surface area contributed by atoms with Crippen LogP contribution in [0.1, 0.15) is 5.82 Å². The normalized spacial score (nSPS) is 11.9. The molecule has 1 aromatic carbocycles. The Balaban J connectivity index is 2.86. The molecule has 4 nitrogen and oxygen atoms in total. The van der Waals surface area contributed by atoms with Gasteiger partial charge in [0.15, 0.2) is 0 Å². The van der Waals surface area contributed by atoms with Crippen molar-refractivity contribution in [3.8, 4) is 0 Å². The Hall–Kier alpha value is -1.47. The molecule has 0 N–H and O–H groups in total. The van der Waals surface area contributed by atoms with Crippen molar-refractivity contribution in [2.24, 2.45) is 0 Å². The van der Waals surface area contributed by atoms with Crippen LogP contribution in [-0.2, 0) is 10.9 Å². The van der Waals surface area contributed by atoms with Crippen molar-refractivity contribution in [2.75, 3.05) is 7.11 Å². The van der Waals surface area contributed by atoms with E-state index in [1.807, 2.05) is 0 Å². The molecule has 1 aromatic heterocycles. The van der Waals surface area contributed by atoms with Crippen molar-refractivity contribution in [2.45, 2.75) is 6.18 Å². The molecule has 0 aliphatic heterocycles. The van der Waals surface area contributed by atoms with E-state index >= 15 is 0 Å². The average Bonchev–Trinajstić information content (AvgIpc) is 2.67. The Kier molecular flexibility index (Phi) is 3.36. The van der Waals surface area contributed by atoms with Crippen LogP contribution in [0.2, 0.25) is 10.0 Å². The number of benzene rings is 1. The van der Waals surface area contributed by atoms with Gasteiger partial charge in [-0.15, -0.1) is 0 Å². The average molecular weight is 313 g/mol. The molecule has 0 saturated carbocycles. The van der Waals surface area contributed by atoms with Crippen LogP contribution in [0.4, 0.5) is 18.0 Å². The summed E-state index contributed by atoms with van der Waals surface area (Å²) in [7, 11) is 0.964. The van der Waals surface area contributed by atoms with Crippen molar-refractivity contribution < 1.29 is 22.7 Å². The summed E-state index contributed by atoms with van der Waals surface area (Å²) in [5.74, 6) is -1.40. The zero-order valence-corrected chi connectivity index (χ0v) is 10.8. The number of hydrogen-bond donors (Lipinski definition) is 0. The lowest BCUT2D eigenvalue weighted by Gasteiger charge is -2.08. The quantitative estimate of drug-likeness (QED) is 0.739. The van der Waals surface area contributed by atoms with Gasteiger partial charge in [0.05, 0.1) is 28.2 Å². The largest absolute Gasteiger partial charge is 0.452 e. The maximum atomic E-state index is 12.8. The highest BCUT2D eigenvalue weighted by Gasteiger charge is 2.39. The molecule has 0 unspecified atom stereocenters. The molecule has 9 heteroatoms. The lowest BCUT2D eigenvalue weighted by Crippen LogP contribution is -2.21. The molecule has 0 aliphatic rings. The molecule has 0 atom stereocenters. The molecule has 102 valence electrons. The summed E-state index contributed by atoms with van der Waals surface area (Å²) in [5, 5.41) is 0.0466. The van der Waals surface area contributed by atoms with E-state index in [1.165, 1.54) is 0 Å². The van der Waals surface area contributed by atoms with E-state index in [4.69, 9.17) is 23.2 Å². The third-order valence-electron chi connectivity index (χ3n) is 2.31. The van der Waals surface area contributed by atoms with Crippen LogP contribution in [0.5, 0.6) is 0 Å². The Morgan fingerprint density at radius 3 is 2.42 bits per heavy atom. The molecule has 0 bridgehead atoms. The molecule has 19 heavy (non-hydrogen) atoms. The first kappa shape index (κ1) is 14.0. The minimum absolute atomic E-state index is 0.00736. The fourth-order valence-corrected chi connectivity index (χ4v) is 1.85. The van der Waals surface area contributed by atoms with E-state index in [1.54, 1.807) is 0 Å². The monoisotopic (exact) mass is 312 g/mol. The second-order valence-corrected chi connectivity index (χ2v) is 4.31. The molecule has 2 rings (SSSR count). The third kappa shape index (κ3) is 2.35. The number of ether oxygens (including phenoxy) is 1. The summed E-state index contributed by atoms with van der Waals surface area (Å²) in [4.78, 5) is 14.8. The first-order valence-electron chi connectivity index (χ1n) is 4.78. The van der Waals surface area contributed by atoms with Crippen LogP contribution in [0.25, 0.3) is 11.0 Å². The van der Waals surface area contributed by atoms with Gasteiger partial charge in [-0.3, -0.25) is 0 Å². The minimum Gasteiger partial charge on any atom is -0.452 e. The number of fused-ring (bicyclic) bond motifs is 1. The van der Waals surface area contributed by atoms with Gasteiger partial charge in [0.2, 0.25) is 5.82 Å². The number of imidazole rings is 1. The number of alkyl halides is 3. The number of aromatic nitrogens is 2.